The topological polar surface area (TPSA) is 98.8 Å². The summed E-state index contributed by atoms with van der Waals surface area (Å²) in [7, 11) is 1.72. The van der Waals surface area contributed by atoms with Crippen molar-refractivity contribution < 1.29 is 9.31 Å². The van der Waals surface area contributed by atoms with Gasteiger partial charge in [-0.2, -0.15) is 4.68 Å². The molecule has 0 saturated heterocycles. The summed E-state index contributed by atoms with van der Waals surface area (Å²) in [6.45, 7) is 1.82. The van der Waals surface area contributed by atoms with Gasteiger partial charge < -0.3 is 5.32 Å². The molecule has 1 atom stereocenters. The molecule has 1 unspecified atom stereocenters. The Labute approximate surface area is 107 Å². The van der Waals surface area contributed by atoms with E-state index in [4.69, 9.17) is 0 Å². The van der Waals surface area contributed by atoms with Gasteiger partial charge in [0.1, 0.15) is 5.82 Å². The van der Waals surface area contributed by atoms with Crippen molar-refractivity contribution in [3.63, 3.8) is 0 Å². The minimum absolute atomic E-state index is 0.183. The fraction of sp³-hybridized carbons (Fsp3) is 0.300. The normalized spacial score (nSPS) is 12.4. The lowest BCUT2D eigenvalue weighted by Crippen LogP contribution is -2.18. The molecule has 100 valence electrons. The number of hydrogen-bond donors (Lipinski definition) is 1. The summed E-state index contributed by atoms with van der Waals surface area (Å²) in [5.74, 6) is -0.287. The Balaban J connectivity index is 2.53. The Morgan fingerprint density at radius 2 is 2.21 bits per heavy atom. The molecule has 0 amide bonds. The molecule has 2 rings (SSSR count). The first-order chi connectivity index (χ1) is 9.02. The van der Waals surface area contributed by atoms with Crippen LogP contribution in [-0.2, 0) is 0 Å². The van der Waals surface area contributed by atoms with Crippen LogP contribution < -0.4 is 5.32 Å². The van der Waals surface area contributed by atoms with Crippen molar-refractivity contribution in [3.8, 4) is 5.69 Å². The quantitative estimate of drug-likeness (QED) is 0.654. The zero-order valence-corrected chi connectivity index (χ0v) is 10.2. The van der Waals surface area contributed by atoms with Crippen molar-refractivity contribution in [2.45, 2.75) is 13.0 Å². The van der Waals surface area contributed by atoms with Crippen LogP contribution in [0.1, 0.15) is 18.8 Å². The minimum atomic E-state index is -0.720. The van der Waals surface area contributed by atoms with Crippen LogP contribution in [-0.4, -0.2) is 32.2 Å². The van der Waals surface area contributed by atoms with Gasteiger partial charge in [-0.3, -0.25) is 10.1 Å². The number of benzene rings is 1. The lowest BCUT2D eigenvalue weighted by atomic mass is 10.2. The molecule has 0 saturated carbocycles. The molecule has 0 fully saturated rings. The number of aromatic nitrogens is 4. The smallest absolute Gasteiger partial charge is 0.274 e. The zero-order valence-electron chi connectivity index (χ0n) is 10.2. The number of nitrogens with zero attached hydrogens (tertiary/aromatic N) is 5. The van der Waals surface area contributed by atoms with Gasteiger partial charge in [0.15, 0.2) is 5.82 Å². The average Bonchev–Trinajstić information content (AvgIpc) is 2.86. The second-order valence-corrected chi connectivity index (χ2v) is 3.88. The Hall–Kier alpha value is -2.42. The Kier molecular flexibility index (Phi) is 3.47. The van der Waals surface area contributed by atoms with E-state index < -0.39 is 10.7 Å². The highest BCUT2D eigenvalue weighted by molar-refractivity contribution is 5.43. The lowest BCUT2D eigenvalue weighted by Gasteiger charge is -2.10. The lowest BCUT2D eigenvalue weighted by molar-refractivity contribution is -0.385. The number of nitro benzene ring substituents is 1. The predicted octanol–water partition coefficient (Wildman–Crippen LogP) is 0.990. The third-order valence-corrected chi connectivity index (χ3v) is 2.64. The van der Waals surface area contributed by atoms with Gasteiger partial charge in [-0.25, -0.2) is 4.39 Å². The van der Waals surface area contributed by atoms with Gasteiger partial charge >= 0.3 is 0 Å². The van der Waals surface area contributed by atoms with Gasteiger partial charge in [0.25, 0.3) is 5.69 Å². The first-order valence-electron chi connectivity index (χ1n) is 5.44. The van der Waals surface area contributed by atoms with Crippen molar-refractivity contribution in [1.29, 1.82) is 0 Å². The third kappa shape index (κ3) is 2.55. The molecule has 0 aliphatic carbocycles. The van der Waals surface area contributed by atoms with E-state index in [9.17, 15) is 14.5 Å². The summed E-state index contributed by atoms with van der Waals surface area (Å²) in [6, 6.07) is 3.01. The highest BCUT2D eigenvalue weighted by atomic mass is 19.1. The van der Waals surface area contributed by atoms with E-state index in [1.54, 1.807) is 7.05 Å². The van der Waals surface area contributed by atoms with E-state index in [-0.39, 0.29) is 17.4 Å². The summed E-state index contributed by atoms with van der Waals surface area (Å²) >= 11 is 0. The molecule has 8 nitrogen and oxygen atoms in total. The Bertz CT molecular complexity index is 614. The molecule has 1 aromatic carbocycles. The molecule has 1 aromatic heterocycles. The SMILES string of the molecule is CNC(C)c1nnnn1-c1cc(F)cc([N+](=O)[O-])c1. The van der Waals surface area contributed by atoms with Gasteiger partial charge in [-0.15, -0.1) is 5.10 Å². The van der Waals surface area contributed by atoms with Crippen LogP contribution in [0.4, 0.5) is 10.1 Å². The maximum Gasteiger partial charge on any atom is 0.274 e. The van der Waals surface area contributed by atoms with Crippen molar-refractivity contribution in [2.75, 3.05) is 7.05 Å². The highest BCUT2D eigenvalue weighted by Crippen LogP contribution is 2.20. The molecule has 0 bridgehead atoms. The number of nitro groups is 1. The number of halogens is 1. The van der Waals surface area contributed by atoms with Gasteiger partial charge in [0.05, 0.1) is 22.7 Å². The molecule has 1 heterocycles. The second-order valence-electron chi connectivity index (χ2n) is 3.88. The number of hydrogen-bond acceptors (Lipinski definition) is 6. The predicted molar refractivity (Wildman–Crippen MR) is 63.2 cm³/mol. The monoisotopic (exact) mass is 266 g/mol. The molecule has 0 aliphatic rings. The summed E-state index contributed by atoms with van der Waals surface area (Å²) in [6.07, 6.45) is 0. The summed E-state index contributed by atoms with van der Waals surface area (Å²) in [5, 5.41) is 24.7. The molecule has 0 spiro atoms. The first kappa shape index (κ1) is 13.0. The van der Waals surface area contributed by atoms with E-state index in [0.717, 1.165) is 12.1 Å². The van der Waals surface area contributed by atoms with Crippen molar-refractivity contribution >= 4 is 5.69 Å². The molecule has 0 radical (unpaired) electrons. The van der Waals surface area contributed by atoms with Gasteiger partial charge in [-0.05, 0) is 24.4 Å². The maximum absolute atomic E-state index is 13.4. The van der Waals surface area contributed by atoms with E-state index in [1.165, 1.54) is 10.7 Å². The van der Waals surface area contributed by atoms with Crippen LogP contribution in [0.2, 0.25) is 0 Å². The number of non-ortho nitro benzene ring substituents is 1. The van der Waals surface area contributed by atoms with Crippen LogP contribution in [0.3, 0.4) is 0 Å². The summed E-state index contributed by atoms with van der Waals surface area (Å²) in [4.78, 5) is 10.0. The van der Waals surface area contributed by atoms with E-state index >= 15 is 0 Å². The summed E-state index contributed by atoms with van der Waals surface area (Å²) in [5.41, 5.74) is -0.151. The maximum atomic E-state index is 13.4. The Morgan fingerprint density at radius 1 is 1.47 bits per heavy atom. The van der Waals surface area contributed by atoms with Crippen LogP contribution in [0.25, 0.3) is 5.69 Å². The molecule has 19 heavy (non-hydrogen) atoms. The Morgan fingerprint density at radius 3 is 2.84 bits per heavy atom. The average molecular weight is 266 g/mol. The van der Waals surface area contributed by atoms with Crippen LogP contribution in [0, 0.1) is 15.9 Å². The fourth-order valence-electron chi connectivity index (χ4n) is 1.56. The minimum Gasteiger partial charge on any atom is -0.311 e. The number of rotatable bonds is 4. The largest absolute Gasteiger partial charge is 0.311 e. The zero-order chi connectivity index (χ0) is 14.0. The van der Waals surface area contributed by atoms with E-state index in [0.29, 0.717) is 5.82 Å². The second kappa shape index (κ2) is 5.06. The summed E-state index contributed by atoms with van der Waals surface area (Å²) < 4.78 is 14.7. The molecular formula is C10H11FN6O2. The van der Waals surface area contributed by atoms with Gasteiger partial charge in [0, 0.05) is 12.1 Å². The standard InChI is InChI=1S/C10H11FN6O2/c1-6(12-2)10-13-14-15-16(10)8-3-7(11)4-9(5-8)17(18)19/h3-6,12H,1-2H3. The first-order valence-corrected chi connectivity index (χ1v) is 5.44. The van der Waals surface area contributed by atoms with E-state index in [2.05, 4.69) is 20.8 Å². The van der Waals surface area contributed by atoms with Crippen LogP contribution in [0.5, 0.6) is 0 Å². The molecular weight excluding hydrogens is 255 g/mol. The van der Waals surface area contributed by atoms with Crippen LogP contribution >= 0.6 is 0 Å². The van der Waals surface area contributed by atoms with Crippen LogP contribution in [0.15, 0.2) is 18.2 Å². The van der Waals surface area contributed by atoms with Crippen molar-refractivity contribution in [2.24, 2.45) is 0 Å². The highest BCUT2D eigenvalue weighted by Gasteiger charge is 2.17. The molecule has 2 aromatic rings. The molecule has 0 aliphatic heterocycles. The third-order valence-electron chi connectivity index (χ3n) is 2.64. The van der Waals surface area contributed by atoms with Crippen molar-refractivity contribution in [1.82, 2.24) is 25.5 Å². The van der Waals surface area contributed by atoms with E-state index in [1.807, 2.05) is 6.92 Å². The number of tetrazole rings is 1. The number of nitrogens with one attached hydrogen (secondary N) is 1. The van der Waals surface area contributed by atoms with Crippen molar-refractivity contribution in [3.05, 3.63) is 40.0 Å². The van der Waals surface area contributed by atoms with Gasteiger partial charge in [-0.1, -0.05) is 0 Å². The molecule has 9 heteroatoms. The fourth-order valence-corrected chi connectivity index (χ4v) is 1.56. The van der Waals surface area contributed by atoms with Gasteiger partial charge in [0.2, 0.25) is 0 Å². The molecule has 1 N–H and O–H groups in total.